The molecule has 0 unspecified atom stereocenters. The van der Waals surface area contributed by atoms with Gasteiger partial charge in [-0.1, -0.05) is 30.0 Å². The Bertz CT molecular complexity index is 775. The number of hydrogen-bond donors (Lipinski definition) is 1. The van der Waals surface area contributed by atoms with E-state index in [1.807, 2.05) is 47.2 Å². The van der Waals surface area contributed by atoms with Gasteiger partial charge in [0.05, 0.1) is 11.9 Å². The van der Waals surface area contributed by atoms with Gasteiger partial charge >= 0.3 is 0 Å². The fraction of sp³-hybridized carbons (Fsp3) is 0.167. The summed E-state index contributed by atoms with van der Waals surface area (Å²) in [5.74, 6) is -0.0906. The Kier molecular flexibility index (Phi) is 5.63. The third-order valence-corrected chi connectivity index (χ3v) is 4.44. The van der Waals surface area contributed by atoms with Gasteiger partial charge in [0.2, 0.25) is 0 Å². The third kappa shape index (κ3) is 4.45. The molecule has 3 rings (SSSR count). The Morgan fingerprint density at radius 3 is 2.79 bits per heavy atom. The molecule has 24 heavy (non-hydrogen) atoms. The number of imidazole rings is 1. The molecule has 0 bridgehead atoms. The van der Waals surface area contributed by atoms with Crippen LogP contribution in [0.4, 0.5) is 0 Å². The molecule has 3 aromatic rings. The highest BCUT2D eigenvalue weighted by Gasteiger charge is 2.12. The minimum absolute atomic E-state index is 0.0906. The Labute approximate surface area is 145 Å². The smallest absolute Gasteiger partial charge is 0.254 e. The predicted molar refractivity (Wildman–Crippen MR) is 94.0 cm³/mol. The van der Waals surface area contributed by atoms with E-state index in [1.54, 1.807) is 24.8 Å². The lowest BCUT2D eigenvalue weighted by molar-refractivity contribution is 0.0949. The monoisotopic (exact) mass is 338 g/mol. The molecule has 0 fully saturated rings. The van der Waals surface area contributed by atoms with Gasteiger partial charge in [-0.25, -0.2) is 9.97 Å². The lowest BCUT2D eigenvalue weighted by Crippen LogP contribution is -2.25. The molecule has 1 aromatic carbocycles. The van der Waals surface area contributed by atoms with Crippen LogP contribution in [-0.2, 0) is 6.54 Å². The molecule has 0 saturated carbocycles. The van der Waals surface area contributed by atoms with Gasteiger partial charge in [-0.3, -0.25) is 4.79 Å². The molecular weight excluding hydrogens is 320 g/mol. The summed E-state index contributed by atoms with van der Waals surface area (Å²) < 4.78 is 1.99. The second kappa shape index (κ2) is 8.31. The topological polar surface area (TPSA) is 59.8 Å². The summed E-state index contributed by atoms with van der Waals surface area (Å²) in [5.41, 5.74) is 0.606. The third-order valence-electron chi connectivity index (χ3n) is 3.41. The Hall–Kier alpha value is -2.60. The van der Waals surface area contributed by atoms with E-state index in [9.17, 15) is 4.79 Å². The Balaban J connectivity index is 1.58. The standard InChI is InChI=1S/C18H18N4OS/c23-17(20-10-5-12-22-13-11-19-14-22)16-8-4-9-21-18(16)24-15-6-2-1-3-7-15/h1-4,6-9,11,13-14H,5,10,12H2,(H,20,23). The van der Waals surface area contributed by atoms with Gasteiger partial charge in [-0.05, 0) is 30.7 Å². The molecule has 2 aromatic heterocycles. The zero-order valence-corrected chi connectivity index (χ0v) is 13.9. The van der Waals surface area contributed by atoms with Crippen molar-refractivity contribution in [1.29, 1.82) is 0 Å². The Morgan fingerprint density at radius 2 is 2.00 bits per heavy atom. The van der Waals surface area contributed by atoms with Crippen LogP contribution in [0, 0.1) is 0 Å². The van der Waals surface area contributed by atoms with Crippen LogP contribution in [0.15, 0.2) is 77.3 Å². The highest BCUT2D eigenvalue weighted by atomic mass is 32.2. The van der Waals surface area contributed by atoms with Crippen molar-refractivity contribution in [2.24, 2.45) is 0 Å². The zero-order chi connectivity index (χ0) is 16.6. The molecule has 2 heterocycles. The van der Waals surface area contributed by atoms with Crippen molar-refractivity contribution in [2.45, 2.75) is 22.9 Å². The van der Waals surface area contributed by atoms with Gasteiger partial charge < -0.3 is 9.88 Å². The van der Waals surface area contributed by atoms with Crippen LogP contribution in [-0.4, -0.2) is 27.0 Å². The first kappa shape index (κ1) is 16.3. The fourth-order valence-corrected chi connectivity index (χ4v) is 3.12. The van der Waals surface area contributed by atoms with Crippen LogP contribution < -0.4 is 5.32 Å². The van der Waals surface area contributed by atoms with Crippen molar-refractivity contribution < 1.29 is 4.79 Å². The summed E-state index contributed by atoms with van der Waals surface area (Å²) in [7, 11) is 0. The van der Waals surface area contributed by atoms with Crippen molar-refractivity contribution in [3.05, 3.63) is 72.9 Å². The first-order chi connectivity index (χ1) is 11.8. The van der Waals surface area contributed by atoms with Crippen LogP contribution >= 0.6 is 11.8 Å². The highest BCUT2D eigenvalue weighted by Crippen LogP contribution is 2.28. The number of carbonyl (C=O) groups excluding carboxylic acids is 1. The average Bonchev–Trinajstić information content (AvgIpc) is 3.13. The van der Waals surface area contributed by atoms with E-state index < -0.39 is 0 Å². The lowest BCUT2D eigenvalue weighted by Gasteiger charge is -2.09. The molecule has 0 atom stereocenters. The molecule has 6 heteroatoms. The summed E-state index contributed by atoms with van der Waals surface area (Å²) >= 11 is 1.50. The SMILES string of the molecule is O=C(NCCCn1ccnc1)c1cccnc1Sc1ccccc1. The van der Waals surface area contributed by atoms with Crippen molar-refractivity contribution in [1.82, 2.24) is 19.9 Å². The minimum Gasteiger partial charge on any atom is -0.352 e. The summed E-state index contributed by atoms with van der Waals surface area (Å²) in [4.78, 5) is 21.8. The Morgan fingerprint density at radius 1 is 1.12 bits per heavy atom. The van der Waals surface area contributed by atoms with Crippen LogP contribution in [0.3, 0.4) is 0 Å². The van der Waals surface area contributed by atoms with Crippen molar-refractivity contribution in [2.75, 3.05) is 6.54 Å². The van der Waals surface area contributed by atoms with Crippen molar-refractivity contribution in [3.8, 4) is 0 Å². The van der Waals surface area contributed by atoms with E-state index in [-0.39, 0.29) is 5.91 Å². The van der Waals surface area contributed by atoms with E-state index in [2.05, 4.69) is 15.3 Å². The zero-order valence-electron chi connectivity index (χ0n) is 13.1. The van der Waals surface area contributed by atoms with E-state index in [1.165, 1.54) is 11.8 Å². The van der Waals surface area contributed by atoms with E-state index >= 15 is 0 Å². The largest absolute Gasteiger partial charge is 0.352 e. The first-order valence-corrected chi connectivity index (χ1v) is 8.56. The minimum atomic E-state index is -0.0906. The van der Waals surface area contributed by atoms with Crippen molar-refractivity contribution in [3.63, 3.8) is 0 Å². The lowest BCUT2D eigenvalue weighted by atomic mass is 10.2. The number of amides is 1. The van der Waals surface area contributed by atoms with Gasteiger partial charge in [-0.15, -0.1) is 0 Å². The number of pyridine rings is 1. The van der Waals surface area contributed by atoms with E-state index in [4.69, 9.17) is 0 Å². The van der Waals surface area contributed by atoms with Gasteiger partial charge in [0, 0.05) is 36.6 Å². The highest BCUT2D eigenvalue weighted by molar-refractivity contribution is 7.99. The maximum Gasteiger partial charge on any atom is 0.254 e. The molecule has 0 spiro atoms. The molecule has 5 nitrogen and oxygen atoms in total. The fourth-order valence-electron chi connectivity index (χ4n) is 2.22. The number of nitrogens with zero attached hydrogens (tertiary/aromatic N) is 3. The summed E-state index contributed by atoms with van der Waals surface area (Å²) in [6.07, 6.45) is 8.00. The van der Waals surface area contributed by atoms with Crippen molar-refractivity contribution >= 4 is 17.7 Å². The first-order valence-electron chi connectivity index (χ1n) is 7.75. The van der Waals surface area contributed by atoms with Crippen LogP contribution in [0.1, 0.15) is 16.8 Å². The van der Waals surface area contributed by atoms with E-state index in [0.29, 0.717) is 12.1 Å². The number of nitrogens with one attached hydrogen (secondary N) is 1. The maximum absolute atomic E-state index is 12.4. The summed E-state index contributed by atoms with van der Waals surface area (Å²) in [6.45, 7) is 1.44. The average molecular weight is 338 g/mol. The predicted octanol–water partition coefficient (Wildman–Crippen LogP) is 3.25. The van der Waals surface area contributed by atoms with Crippen LogP contribution in [0.25, 0.3) is 0 Å². The normalized spacial score (nSPS) is 10.5. The number of benzene rings is 1. The second-order valence-electron chi connectivity index (χ2n) is 5.18. The number of hydrogen-bond acceptors (Lipinski definition) is 4. The summed E-state index contributed by atoms with van der Waals surface area (Å²) in [5, 5.41) is 3.68. The second-order valence-corrected chi connectivity index (χ2v) is 6.24. The molecular formula is C18H18N4OS. The molecule has 122 valence electrons. The van der Waals surface area contributed by atoms with Crippen LogP contribution in [0.2, 0.25) is 0 Å². The maximum atomic E-state index is 12.4. The number of aromatic nitrogens is 3. The molecule has 1 amide bonds. The quantitative estimate of drug-likeness (QED) is 0.672. The number of rotatable bonds is 7. The van der Waals surface area contributed by atoms with Gasteiger partial charge in [-0.2, -0.15) is 0 Å². The molecule has 0 aliphatic rings. The molecule has 1 N–H and O–H groups in total. The van der Waals surface area contributed by atoms with Gasteiger partial charge in [0.25, 0.3) is 5.91 Å². The molecule has 0 aliphatic heterocycles. The number of aryl methyl sites for hydroxylation is 1. The molecule has 0 radical (unpaired) electrons. The summed E-state index contributed by atoms with van der Waals surface area (Å²) in [6, 6.07) is 13.5. The van der Waals surface area contributed by atoms with Crippen LogP contribution in [0.5, 0.6) is 0 Å². The molecule has 0 aliphatic carbocycles. The molecule has 0 saturated heterocycles. The van der Waals surface area contributed by atoms with Gasteiger partial charge in [0.15, 0.2) is 0 Å². The van der Waals surface area contributed by atoms with E-state index in [0.717, 1.165) is 22.9 Å². The number of carbonyl (C=O) groups is 1. The van der Waals surface area contributed by atoms with Gasteiger partial charge in [0.1, 0.15) is 5.03 Å².